The predicted octanol–water partition coefficient (Wildman–Crippen LogP) is 2.02. The molecule has 0 aromatic heterocycles. The van der Waals surface area contributed by atoms with E-state index in [2.05, 4.69) is 5.32 Å². The quantitative estimate of drug-likeness (QED) is 0.893. The first-order valence-corrected chi connectivity index (χ1v) is 8.84. The Kier molecular flexibility index (Phi) is 4.70. The highest BCUT2D eigenvalue weighted by molar-refractivity contribution is 7.91. The summed E-state index contributed by atoms with van der Waals surface area (Å²) in [5, 5.41) is 3.78. The molecule has 7 heteroatoms. The summed E-state index contributed by atoms with van der Waals surface area (Å²) in [4.78, 5) is 0. The van der Waals surface area contributed by atoms with Gasteiger partial charge in [0.1, 0.15) is 0 Å². The molecule has 1 fully saturated rings. The van der Waals surface area contributed by atoms with Crippen LogP contribution in [0.25, 0.3) is 0 Å². The molecule has 1 aliphatic heterocycles. The minimum absolute atomic E-state index is 0.168. The SMILES string of the molecule is COc1cc(CNC2(C)CCS(=O)(=O)C2)cc(Cl)c1OC. The van der Waals surface area contributed by atoms with Crippen molar-refractivity contribution in [2.75, 3.05) is 25.7 Å². The summed E-state index contributed by atoms with van der Waals surface area (Å²) in [6.45, 7) is 2.45. The molecule has 1 atom stereocenters. The third-order valence-electron chi connectivity index (χ3n) is 3.72. The molecule has 1 saturated heterocycles. The lowest BCUT2D eigenvalue weighted by atomic mass is 10.0. The zero-order valence-corrected chi connectivity index (χ0v) is 14.0. The van der Waals surface area contributed by atoms with E-state index < -0.39 is 15.4 Å². The maximum atomic E-state index is 11.6. The molecule has 21 heavy (non-hydrogen) atoms. The van der Waals surface area contributed by atoms with Gasteiger partial charge in [0.25, 0.3) is 0 Å². The molecular formula is C14H20ClNO4S. The molecule has 1 N–H and O–H groups in total. The van der Waals surface area contributed by atoms with Crippen LogP contribution in [0.5, 0.6) is 11.5 Å². The molecule has 118 valence electrons. The van der Waals surface area contributed by atoms with Crippen molar-refractivity contribution in [3.05, 3.63) is 22.7 Å². The lowest BCUT2D eigenvalue weighted by molar-refractivity contribution is 0.353. The number of sulfone groups is 1. The Morgan fingerprint density at radius 1 is 1.33 bits per heavy atom. The number of ether oxygens (including phenoxy) is 2. The van der Waals surface area contributed by atoms with Crippen LogP contribution in [0.15, 0.2) is 12.1 Å². The van der Waals surface area contributed by atoms with Gasteiger partial charge in [0.2, 0.25) is 0 Å². The summed E-state index contributed by atoms with van der Waals surface area (Å²) in [7, 11) is 0.162. The van der Waals surface area contributed by atoms with Crippen LogP contribution >= 0.6 is 11.6 Å². The van der Waals surface area contributed by atoms with Crippen LogP contribution in [0, 0.1) is 0 Å². The second kappa shape index (κ2) is 6.02. The van der Waals surface area contributed by atoms with Gasteiger partial charge < -0.3 is 14.8 Å². The highest BCUT2D eigenvalue weighted by Crippen LogP contribution is 2.36. The molecule has 1 unspecified atom stereocenters. The van der Waals surface area contributed by atoms with Gasteiger partial charge in [0, 0.05) is 12.1 Å². The number of benzene rings is 1. The zero-order chi connectivity index (χ0) is 15.7. The Hall–Kier alpha value is -0.980. The molecule has 0 aliphatic carbocycles. The Bertz CT molecular complexity index is 632. The van der Waals surface area contributed by atoms with Gasteiger partial charge in [0.15, 0.2) is 21.3 Å². The topological polar surface area (TPSA) is 64.6 Å². The minimum atomic E-state index is -2.92. The van der Waals surface area contributed by atoms with Crippen molar-refractivity contribution in [3.63, 3.8) is 0 Å². The lowest BCUT2D eigenvalue weighted by Crippen LogP contribution is -2.42. The number of hydrogen-bond acceptors (Lipinski definition) is 5. The highest BCUT2D eigenvalue weighted by Gasteiger charge is 2.37. The van der Waals surface area contributed by atoms with E-state index in [9.17, 15) is 8.42 Å². The van der Waals surface area contributed by atoms with Crippen molar-refractivity contribution >= 4 is 21.4 Å². The van der Waals surface area contributed by atoms with Crippen molar-refractivity contribution < 1.29 is 17.9 Å². The normalized spacial score (nSPS) is 24.0. The monoisotopic (exact) mass is 333 g/mol. The fourth-order valence-corrected chi connectivity index (χ4v) is 4.97. The van der Waals surface area contributed by atoms with E-state index in [1.165, 1.54) is 7.11 Å². The van der Waals surface area contributed by atoms with Gasteiger partial charge in [-0.2, -0.15) is 0 Å². The first-order valence-electron chi connectivity index (χ1n) is 6.64. The lowest BCUT2D eigenvalue weighted by Gasteiger charge is -2.24. The highest BCUT2D eigenvalue weighted by atomic mass is 35.5. The molecule has 5 nitrogen and oxygen atoms in total. The molecule has 0 radical (unpaired) electrons. The van der Waals surface area contributed by atoms with E-state index in [4.69, 9.17) is 21.1 Å². The van der Waals surface area contributed by atoms with E-state index in [0.717, 1.165) is 5.56 Å². The summed E-state index contributed by atoms with van der Waals surface area (Å²) in [5.74, 6) is 1.47. The summed E-state index contributed by atoms with van der Waals surface area (Å²) in [6.07, 6.45) is 0.621. The van der Waals surface area contributed by atoms with Gasteiger partial charge in [-0.15, -0.1) is 0 Å². The number of hydrogen-bond donors (Lipinski definition) is 1. The third-order valence-corrected chi connectivity index (χ3v) is 5.90. The number of rotatable bonds is 5. The second-order valence-corrected chi connectivity index (χ2v) is 8.16. The van der Waals surface area contributed by atoms with E-state index in [-0.39, 0.29) is 11.5 Å². The molecular weight excluding hydrogens is 314 g/mol. The van der Waals surface area contributed by atoms with Crippen LogP contribution in [0.2, 0.25) is 5.02 Å². The van der Waals surface area contributed by atoms with Crippen LogP contribution in [-0.2, 0) is 16.4 Å². The maximum Gasteiger partial charge on any atom is 0.179 e. The van der Waals surface area contributed by atoms with E-state index in [1.54, 1.807) is 13.2 Å². The van der Waals surface area contributed by atoms with Crippen LogP contribution in [0.3, 0.4) is 0 Å². The van der Waals surface area contributed by atoms with Crippen LogP contribution in [0.1, 0.15) is 18.9 Å². The van der Waals surface area contributed by atoms with Crippen molar-refractivity contribution in [3.8, 4) is 11.5 Å². The summed E-state index contributed by atoms with van der Waals surface area (Å²) >= 11 is 6.16. The van der Waals surface area contributed by atoms with Crippen molar-refractivity contribution in [2.45, 2.75) is 25.4 Å². The average molecular weight is 334 g/mol. The molecule has 0 saturated carbocycles. The molecule has 1 aromatic rings. The van der Waals surface area contributed by atoms with Gasteiger partial charge >= 0.3 is 0 Å². The molecule has 1 aromatic carbocycles. The van der Waals surface area contributed by atoms with Crippen LogP contribution in [-0.4, -0.2) is 39.7 Å². The molecule has 0 amide bonds. The Morgan fingerprint density at radius 3 is 2.57 bits per heavy atom. The summed E-state index contributed by atoms with van der Waals surface area (Å²) in [5.41, 5.74) is 0.529. The van der Waals surface area contributed by atoms with Crippen molar-refractivity contribution in [2.24, 2.45) is 0 Å². The van der Waals surface area contributed by atoms with Gasteiger partial charge in [-0.25, -0.2) is 8.42 Å². The maximum absolute atomic E-state index is 11.6. The van der Waals surface area contributed by atoms with Crippen molar-refractivity contribution in [1.29, 1.82) is 0 Å². The Morgan fingerprint density at radius 2 is 2.05 bits per heavy atom. The minimum Gasteiger partial charge on any atom is -0.493 e. The number of halogens is 1. The largest absolute Gasteiger partial charge is 0.493 e. The fraction of sp³-hybridized carbons (Fsp3) is 0.571. The molecule has 2 rings (SSSR count). The summed E-state index contributed by atoms with van der Waals surface area (Å²) < 4.78 is 33.6. The summed E-state index contributed by atoms with van der Waals surface area (Å²) in [6, 6.07) is 3.63. The zero-order valence-electron chi connectivity index (χ0n) is 12.4. The molecule has 1 heterocycles. The van der Waals surface area contributed by atoms with E-state index in [1.807, 2.05) is 13.0 Å². The molecule has 0 bridgehead atoms. The Labute approximate surface area is 130 Å². The van der Waals surface area contributed by atoms with Crippen LogP contribution in [0.4, 0.5) is 0 Å². The van der Waals surface area contributed by atoms with Crippen LogP contribution < -0.4 is 14.8 Å². The van der Waals surface area contributed by atoms with Gasteiger partial charge in [-0.3, -0.25) is 0 Å². The van der Waals surface area contributed by atoms with Gasteiger partial charge in [-0.05, 0) is 31.0 Å². The van der Waals surface area contributed by atoms with Gasteiger partial charge in [-0.1, -0.05) is 11.6 Å². The Balaban J connectivity index is 2.12. The number of nitrogens with one attached hydrogen (secondary N) is 1. The first-order chi connectivity index (χ1) is 9.78. The van der Waals surface area contributed by atoms with Crippen molar-refractivity contribution in [1.82, 2.24) is 5.32 Å². The van der Waals surface area contributed by atoms with E-state index in [0.29, 0.717) is 29.5 Å². The average Bonchev–Trinajstić information content (AvgIpc) is 2.70. The smallest absolute Gasteiger partial charge is 0.179 e. The third kappa shape index (κ3) is 3.81. The van der Waals surface area contributed by atoms with E-state index >= 15 is 0 Å². The fourth-order valence-electron chi connectivity index (χ4n) is 2.54. The molecule has 1 aliphatic rings. The second-order valence-electron chi connectivity index (χ2n) is 5.57. The van der Waals surface area contributed by atoms with Gasteiger partial charge in [0.05, 0.1) is 30.7 Å². The first kappa shape index (κ1) is 16.4. The number of methoxy groups -OCH3 is 2. The predicted molar refractivity (Wildman–Crippen MR) is 83.1 cm³/mol. The molecule has 0 spiro atoms. The standard InChI is InChI=1S/C14H20ClNO4S/c1-14(4-5-21(17,18)9-14)16-8-10-6-11(15)13(20-3)12(7-10)19-2/h6-7,16H,4-5,8-9H2,1-3H3.